The van der Waals surface area contributed by atoms with E-state index in [1.54, 1.807) is 0 Å². The van der Waals surface area contributed by atoms with Crippen molar-refractivity contribution in [1.82, 2.24) is 15.5 Å². The van der Waals surface area contributed by atoms with Gasteiger partial charge in [0.05, 0.1) is 6.04 Å². The highest BCUT2D eigenvalue weighted by atomic mass is 32.1. The van der Waals surface area contributed by atoms with Crippen LogP contribution in [0.2, 0.25) is 0 Å². The molecule has 0 radical (unpaired) electrons. The molecule has 1 saturated heterocycles. The third kappa shape index (κ3) is 9.43. The lowest BCUT2D eigenvalue weighted by atomic mass is 10.1. The van der Waals surface area contributed by atoms with Gasteiger partial charge in [-0.05, 0) is 32.1 Å². The van der Waals surface area contributed by atoms with Gasteiger partial charge in [-0.15, -0.1) is 0 Å². The van der Waals surface area contributed by atoms with Gasteiger partial charge in [0.25, 0.3) is 0 Å². The third-order valence-corrected chi connectivity index (χ3v) is 5.57. The number of aliphatic imine (C=N–C) groups is 1. The molecule has 1 aliphatic heterocycles. The highest BCUT2D eigenvalue weighted by molar-refractivity contribution is 7.80. The molecule has 34 heavy (non-hydrogen) atoms. The highest BCUT2D eigenvalue weighted by Crippen LogP contribution is 2.19. The lowest BCUT2D eigenvalue weighted by molar-refractivity contribution is -0.149. The number of carboxylic acid groups (broad SMARTS) is 2. The van der Waals surface area contributed by atoms with Gasteiger partial charge in [0, 0.05) is 25.3 Å². The molecule has 0 bridgehead atoms. The Bertz CT molecular complexity index is 791. The van der Waals surface area contributed by atoms with Crippen LogP contribution >= 0.6 is 12.6 Å². The summed E-state index contributed by atoms with van der Waals surface area (Å²) in [6, 6.07) is -4.38. The smallest absolute Gasteiger partial charge is 0.326 e. The van der Waals surface area contributed by atoms with Gasteiger partial charge in [0.2, 0.25) is 17.7 Å². The van der Waals surface area contributed by atoms with Gasteiger partial charge in [0.15, 0.2) is 5.96 Å². The van der Waals surface area contributed by atoms with E-state index in [9.17, 15) is 29.1 Å². The minimum absolute atomic E-state index is 0.0922. The van der Waals surface area contributed by atoms with Crippen molar-refractivity contribution < 1.29 is 34.2 Å². The zero-order valence-corrected chi connectivity index (χ0v) is 19.6. The molecular weight excluding hydrogens is 470 g/mol. The lowest BCUT2D eigenvalue weighted by Gasteiger charge is -2.28. The summed E-state index contributed by atoms with van der Waals surface area (Å²) in [6.45, 7) is 0.420. The summed E-state index contributed by atoms with van der Waals surface area (Å²) in [5, 5.41) is 23.1. The van der Waals surface area contributed by atoms with Crippen LogP contribution in [0, 0.1) is 0 Å². The number of carbonyl (C=O) groups is 5. The second-order valence-electron chi connectivity index (χ2n) is 7.82. The maximum atomic E-state index is 12.9. The number of hydrogen-bond acceptors (Lipinski definition) is 8. The largest absolute Gasteiger partial charge is 0.481 e. The number of nitrogens with zero attached hydrogens (tertiary/aromatic N) is 2. The van der Waals surface area contributed by atoms with E-state index in [1.807, 2.05) is 0 Å². The molecule has 0 spiro atoms. The maximum absolute atomic E-state index is 12.9. The number of rotatable bonds is 14. The number of hydrogen-bond donors (Lipinski definition) is 8. The molecule has 14 nitrogen and oxygen atoms in total. The van der Waals surface area contributed by atoms with Crippen LogP contribution in [-0.2, 0) is 24.0 Å². The molecule has 1 aliphatic rings. The molecule has 1 rings (SSSR count). The van der Waals surface area contributed by atoms with E-state index in [0.29, 0.717) is 19.3 Å². The van der Waals surface area contributed by atoms with Crippen LogP contribution in [0.5, 0.6) is 0 Å². The average molecular weight is 504 g/mol. The predicted octanol–water partition coefficient (Wildman–Crippen LogP) is -2.79. The first-order valence-corrected chi connectivity index (χ1v) is 11.4. The zero-order valence-electron chi connectivity index (χ0n) is 18.7. The van der Waals surface area contributed by atoms with E-state index in [1.165, 1.54) is 4.90 Å². The summed E-state index contributed by atoms with van der Waals surface area (Å²) in [5.74, 6) is -4.51. The number of amides is 3. The van der Waals surface area contributed by atoms with Crippen LogP contribution in [0.15, 0.2) is 4.99 Å². The van der Waals surface area contributed by atoms with Crippen LogP contribution in [0.1, 0.15) is 38.5 Å². The van der Waals surface area contributed by atoms with Crippen molar-refractivity contribution in [3.05, 3.63) is 0 Å². The molecule has 0 aromatic carbocycles. The Morgan fingerprint density at radius 1 is 1.06 bits per heavy atom. The standard InChI is InChI=1S/C19H33N7O7S/c20-10(5-6-14(27)28)15(29)24-11(3-1-7-23-19(21)22)16(30)25-12(9-34)17(31)26-8-2-4-13(26)18(32)33/h10-13,34H,1-9,20H2,(H,24,29)(H,25,30)(H,27,28)(H,32,33)(H4,21,22,23). The van der Waals surface area contributed by atoms with Crippen molar-refractivity contribution >= 4 is 48.2 Å². The van der Waals surface area contributed by atoms with Crippen LogP contribution < -0.4 is 27.8 Å². The SMILES string of the molecule is NC(N)=NCCCC(NC(=O)C(N)CCC(=O)O)C(=O)NC(CS)C(=O)N1CCCC1C(=O)O. The van der Waals surface area contributed by atoms with Gasteiger partial charge in [-0.2, -0.15) is 12.6 Å². The molecule has 15 heteroatoms. The molecule has 4 unspecified atom stereocenters. The topological polar surface area (TPSA) is 244 Å². The molecule has 4 atom stereocenters. The van der Waals surface area contributed by atoms with Crippen molar-refractivity contribution in [2.24, 2.45) is 22.2 Å². The second-order valence-corrected chi connectivity index (χ2v) is 8.19. The van der Waals surface area contributed by atoms with Crippen LogP contribution in [0.3, 0.4) is 0 Å². The van der Waals surface area contributed by atoms with E-state index >= 15 is 0 Å². The van der Waals surface area contributed by atoms with Gasteiger partial charge in [0.1, 0.15) is 18.1 Å². The van der Waals surface area contributed by atoms with Crippen molar-refractivity contribution in [2.45, 2.75) is 62.7 Å². The number of likely N-dealkylation sites (tertiary alicyclic amines) is 1. The minimum Gasteiger partial charge on any atom is -0.481 e. The number of guanidine groups is 1. The van der Waals surface area contributed by atoms with E-state index in [2.05, 4.69) is 28.3 Å². The van der Waals surface area contributed by atoms with Crippen molar-refractivity contribution in [2.75, 3.05) is 18.8 Å². The van der Waals surface area contributed by atoms with Gasteiger partial charge in [-0.3, -0.25) is 24.2 Å². The first-order valence-electron chi connectivity index (χ1n) is 10.8. The van der Waals surface area contributed by atoms with Crippen molar-refractivity contribution in [3.63, 3.8) is 0 Å². The van der Waals surface area contributed by atoms with E-state index < -0.39 is 53.8 Å². The molecule has 0 aromatic heterocycles. The average Bonchev–Trinajstić information content (AvgIpc) is 3.27. The Balaban J connectivity index is 2.89. The lowest BCUT2D eigenvalue weighted by Crippen LogP contribution is -2.57. The van der Waals surface area contributed by atoms with E-state index in [4.69, 9.17) is 22.3 Å². The van der Waals surface area contributed by atoms with E-state index in [0.717, 1.165) is 0 Å². The first-order chi connectivity index (χ1) is 16.0. The summed E-state index contributed by atoms with van der Waals surface area (Å²) in [4.78, 5) is 65.3. The molecular formula is C19H33N7O7S. The van der Waals surface area contributed by atoms with Gasteiger partial charge in [-0.1, -0.05) is 0 Å². The molecule has 10 N–H and O–H groups in total. The molecule has 192 valence electrons. The van der Waals surface area contributed by atoms with Crippen LogP contribution in [0.25, 0.3) is 0 Å². The fourth-order valence-electron chi connectivity index (χ4n) is 3.41. The molecule has 3 amide bonds. The number of nitrogens with one attached hydrogen (secondary N) is 2. The van der Waals surface area contributed by atoms with E-state index in [-0.39, 0.29) is 44.1 Å². The molecule has 0 aromatic rings. The third-order valence-electron chi connectivity index (χ3n) is 5.20. The zero-order chi connectivity index (χ0) is 25.8. The van der Waals surface area contributed by atoms with Gasteiger partial charge in [-0.25, -0.2) is 4.79 Å². The maximum Gasteiger partial charge on any atom is 0.326 e. The normalized spacial score (nSPS) is 17.8. The number of aliphatic carboxylic acids is 2. The fraction of sp³-hybridized carbons (Fsp3) is 0.684. The van der Waals surface area contributed by atoms with Crippen LogP contribution in [0.4, 0.5) is 0 Å². The molecule has 0 saturated carbocycles. The summed E-state index contributed by atoms with van der Waals surface area (Å²) < 4.78 is 0. The number of thiol groups is 1. The predicted molar refractivity (Wildman–Crippen MR) is 125 cm³/mol. The summed E-state index contributed by atoms with van der Waals surface area (Å²) in [7, 11) is 0. The minimum atomic E-state index is -1.16. The number of nitrogens with two attached hydrogens (primary N) is 3. The van der Waals surface area contributed by atoms with Crippen molar-refractivity contribution in [3.8, 4) is 0 Å². The number of carbonyl (C=O) groups excluding carboxylic acids is 3. The molecule has 1 fully saturated rings. The van der Waals surface area contributed by atoms with Crippen LogP contribution in [-0.4, -0.2) is 93.7 Å². The quantitative estimate of drug-likeness (QED) is 0.0524. The highest BCUT2D eigenvalue weighted by Gasteiger charge is 2.38. The first kappa shape index (κ1) is 29.0. The Labute approximate surface area is 202 Å². The number of carboxylic acids is 2. The molecule has 1 heterocycles. The Kier molecular flexibility index (Phi) is 12.1. The monoisotopic (exact) mass is 503 g/mol. The van der Waals surface area contributed by atoms with Crippen molar-refractivity contribution in [1.29, 1.82) is 0 Å². The van der Waals surface area contributed by atoms with Gasteiger partial charge < -0.3 is 42.9 Å². The Morgan fingerprint density at radius 2 is 1.71 bits per heavy atom. The summed E-state index contributed by atoms with van der Waals surface area (Å²) in [5.41, 5.74) is 16.3. The molecule has 0 aliphatic carbocycles. The summed E-state index contributed by atoms with van der Waals surface area (Å²) >= 11 is 4.11. The second kappa shape index (κ2) is 14.2. The van der Waals surface area contributed by atoms with Gasteiger partial charge >= 0.3 is 11.9 Å². The Hall–Kier alpha value is -3.07. The summed E-state index contributed by atoms with van der Waals surface area (Å²) in [6.07, 6.45) is 0.765. The Morgan fingerprint density at radius 3 is 2.26 bits per heavy atom. The fourth-order valence-corrected chi connectivity index (χ4v) is 3.65.